The first kappa shape index (κ1) is 17.5. The molecule has 22 heavy (non-hydrogen) atoms. The molecule has 1 aromatic rings. The zero-order valence-corrected chi connectivity index (χ0v) is 14.2. The number of nitrogens with one attached hydrogen (secondary N) is 1. The highest BCUT2D eigenvalue weighted by molar-refractivity contribution is 5.85. The van der Waals surface area contributed by atoms with Gasteiger partial charge in [-0.3, -0.25) is 4.90 Å². The van der Waals surface area contributed by atoms with Crippen LogP contribution in [0.2, 0.25) is 0 Å². The number of nitrogens with zero attached hydrogens (tertiary/aromatic N) is 1. The fourth-order valence-electron chi connectivity index (χ4n) is 3.37. The number of benzene rings is 1. The molecule has 0 spiro atoms. The standard InChI is InChI=1S/C17H26N2O2.ClH/c1-12(2)21-15-4-3-14-11-19(17(20)16(14)9-15)10-13-5-7-18-8-6-13;/h3-4,9,12-13,17-18,20H,5-8,10-11H2,1-2H3;1H. The first-order valence-corrected chi connectivity index (χ1v) is 8.06. The van der Waals surface area contributed by atoms with Crippen molar-refractivity contribution in [2.75, 3.05) is 19.6 Å². The van der Waals surface area contributed by atoms with Gasteiger partial charge in [-0.15, -0.1) is 12.4 Å². The summed E-state index contributed by atoms with van der Waals surface area (Å²) in [6, 6.07) is 6.11. The highest BCUT2D eigenvalue weighted by atomic mass is 35.5. The Morgan fingerprint density at radius 2 is 2.05 bits per heavy atom. The van der Waals surface area contributed by atoms with Crippen LogP contribution in [0.3, 0.4) is 0 Å². The molecule has 0 saturated carbocycles. The van der Waals surface area contributed by atoms with Crippen molar-refractivity contribution in [1.29, 1.82) is 0 Å². The molecule has 1 fully saturated rings. The zero-order chi connectivity index (χ0) is 14.8. The highest BCUT2D eigenvalue weighted by Crippen LogP contribution is 2.35. The normalized spacial score (nSPS) is 22.5. The number of aliphatic hydroxyl groups excluding tert-OH is 1. The fourth-order valence-corrected chi connectivity index (χ4v) is 3.37. The maximum absolute atomic E-state index is 10.6. The molecular formula is C17H27ClN2O2. The van der Waals surface area contributed by atoms with Crippen molar-refractivity contribution in [3.05, 3.63) is 29.3 Å². The summed E-state index contributed by atoms with van der Waals surface area (Å²) in [5, 5.41) is 14.0. The molecule has 0 radical (unpaired) electrons. The third-order valence-electron chi connectivity index (χ3n) is 4.44. The first-order chi connectivity index (χ1) is 10.1. The maximum Gasteiger partial charge on any atom is 0.134 e. The van der Waals surface area contributed by atoms with Gasteiger partial charge in [-0.05, 0) is 63.4 Å². The Hall–Kier alpha value is -0.810. The number of hydrogen-bond acceptors (Lipinski definition) is 4. The summed E-state index contributed by atoms with van der Waals surface area (Å²) >= 11 is 0. The zero-order valence-electron chi connectivity index (χ0n) is 13.4. The molecule has 2 aliphatic heterocycles. The van der Waals surface area contributed by atoms with E-state index in [1.54, 1.807) is 0 Å². The van der Waals surface area contributed by atoms with E-state index in [0.717, 1.165) is 37.5 Å². The number of rotatable bonds is 4. The third kappa shape index (κ3) is 3.93. The molecule has 0 aliphatic carbocycles. The predicted molar refractivity (Wildman–Crippen MR) is 90.4 cm³/mol. The molecule has 4 nitrogen and oxygen atoms in total. The molecule has 124 valence electrons. The number of ether oxygens (including phenoxy) is 1. The third-order valence-corrected chi connectivity index (χ3v) is 4.44. The molecule has 1 atom stereocenters. The number of fused-ring (bicyclic) bond motifs is 1. The van der Waals surface area contributed by atoms with E-state index in [9.17, 15) is 5.11 Å². The van der Waals surface area contributed by atoms with Gasteiger partial charge in [0, 0.05) is 18.7 Å². The number of halogens is 1. The Morgan fingerprint density at radius 3 is 2.73 bits per heavy atom. The Labute approximate surface area is 139 Å². The Morgan fingerprint density at radius 1 is 1.32 bits per heavy atom. The smallest absolute Gasteiger partial charge is 0.134 e. The van der Waals surface area contributed by atoms with Crippen LogP contribution in [0.1, 0.15) is 44.0 Å². The summed E-state index contributed by atoms with van der Waals surface area (Å²) in [6.07, 6.45) is 2.10. The van der Waals surface area contributed by atoms with Crippen molar-refractivity contribution in [2.45, 2.75) is 45.6 Å². The minimum atomic E-state index is -0.481. The van der Waals surface area contributed by atoms with Gasteiger partial charge in [0.2, 0.25) is 0 Å². The van der Waals surface area contributed by atoms with Gasteiger partial charge < -0.3 is 15.2 Å². The van der Waals surface area contributed by atoms with Gasteiger partial charge >= 0.3 is 0 Å². The maximum atomic E-state index is 10.6. The summed E-state index contributed by atoms with van der Waals surface area (Å²) in [4.78, 5) is 2.19. The van der Waals surface area contributed by atoms with Crippen molar-refractivity contribution in [1.82, 2.24) is 10.2 Å². The topological polar surface area (TPSA) is 44.7 Å². The lowest BCUT2D eigenvalue weighted by Gasteiger charge is -2.29. The van der Waals surface area contributed by atoms with E-state index < -0.39 is 6.23 Å². The monoisotopic (exact) mass is 326 g/mol. The van der Waals surface area contributed by atoms with Gasteiger partial charge in [0.05, 0.1) is 6.10 Å². The number of piperidine rings is 1. The van der Waals surface area contributed by atoms with Gasteiger partial charge in [-0.25, -0.2) is 0 Å². The second kappa shape index (κ2) is 7.64. The first-order valence-electron chi connectivity index (χ1n) is 8.06. The lowest BCUT2D eigenvalue weighted by atomic mass is 9.97. The van der Waals surface area contributed by atoms with Gasteiger partial charge in [-0.1, -0.05) is 6.07 Å². The van der Waals surface area contributed by atoms with Gasteiger partial charge in [0.15, 0.2) is 0 Å². The van der Waals surface area contributed by atoms with Crippen LogP contribution < -0.4 is 10.1 Å². The minimum Gasteiger partial charge on any atom is -0.491 e. The van der Waals surface area contributed by atoms with Gasteiger partial charge in [-0.2, -0.15) is 0 Å². The molecule has 2 N–H and O–H groups in total. The summed E-state index contributed by atoms with van der Waals surface area (Å²) in [7, 11) is 0. The predicted octanol–water partition coefficient (Wildman–Crippen LogP) is 2.70. The summed E-state index contributed by atoms with van der Waals surface area (Å²) < 4.78 is 5.74. The largest absolute Gasteiger partial charge is 0.491 e. The van der Waals surface area contributed by atoms with Crippen molar-refractivity contribution in [3.8, 4) is 5.75 Å². The Kier molecular flexibility index (Phi) is 6.09. The van der Waals surface area contributed by atoms with E-state index in [4.69, 9.17) is 4.74 Å². The van der Waals surface area contributed by atoms with Gasteiger partial charge in [0.25, 0.3) is 0 Å². The van der Waals surface area contributed by atoms with Crippen LogP contribution in [-0.2, 0) is 6.54 Å². The second-order valence-electron chi connectivity index (χ2n) is 6.52. The molecule has 1 saturated heterocycles. The molecule has 1 unspecified atom stereocenters. The SMILES string of the molecule is CC(C)Oc1ccc2c(c1)C(O)N(CC1CCNCC1)C2.Cl. The van der Waals surface area contributed by atoms with E-state index in [2.05, 4.69) is 16.3 Å². The number of hydrogen-bond donors (Lipinski definition) is 2. The highest BCUT2D eigenvalue weighted by Gasteiger charge is 2.30. The quantitative estimate of drug-likeness (QED) is 0.893. The van der Waals surface area contributed by atoms with Gasteiger partial charge in [0.1, 0.15) is 12.0 Å². The number of aliphatic hydroxyl groups is 1. The summed E-state index contributed by atoms with van der Waals surface area (Å²) in [6.45, 7) is 8.09. The molecule has 2 aliphatic rings. The average Bonchev–Trinajstić information content (AvgIpc) is 2.76. The molecule has 5 heteroatoms. The van der Waals surface area contributed by atoms with Crippen LogP contribution in [0.4, 0.5) is 0 Å². The molecule has 0 amide bonds. The molecule has 0 bridgehead atoms. The minimum absolute atomic E-state index is 0. The van der Waals surface area contributed by atoms with Crippen LogP contribution in [-0.4, -0.2) is 35.7 Å². The van der Waals surface area contributed by atoms with Crippen LogP contribution in [0.5, 0.6) is 5.75 Å². The van der Waals surface area contributed by atoms with Crippen LogP contribution in [0.25, 0.3) is 0 Å². The van der Waals surface area contributed by atoms with E-state index in [1.165, 1.54) is 18.4 Å². The molecule has 2 heterocycles. The lowest BCUT2D eigenvalue weighted by molar-refractivity contribution is 0.000288. The lowest BCUT2D eigenvalue weighted by Crippen LogP contribution is -2.35. The van der Waals surface area contributed by atoms with E-state index in [0.29, 0.717) is 5.92 Å². The molecule has 1 aromatic carbocycles. The van der Waals surface area contributed by atoms with E-state index in [-0.39, 0.29) is 18.5 Å². The average molecular weight is 327 g/mol. The van der Waals surface area contributed by atoms with Crippen molar-refractivity contribution < 1.29 is 9.84 Å². The van der Waals surface area contributed by atoms with Crippen LogP contribution in [0.15, 0.2) is 18.2 Å². The van der Waals surface area contributed by atoms with Crippen LogP contribution in [0, 0.1) is 5.92 Å². The summed E-state index contributed by atoms with van der Waals surface area (Å²) in [5.74, 6) is 1.55. The van der Waals surface area contributed by atoms with Crippen molar-refractivity contribution >= 4 is 12.4 Å². The molecule has 3 rings (SSSR count). The Balaban J connectivity index is 0.00000176. The fraction of sp³-hybridized carbons (Fsp3) is 0.647. The van der Waals surface area contributed by atoms with Crippen molar-refractivity contribution in [3.63, 3.8) is 0 Å². The molecular weight excluding hydrogens is 300 g/mol. The van der Waals surface area contributed by atoms with Crippen LogP contribution >= 0.6 is 12.4 Å². The van der Waals surface area contributed by atoms with E-state index >= 15 is 0 Å². The van der Waals surface area contributed by atoms with Crippen molar-refractivity contribution in [2.24, 2.45) is 5.92 Å². The molecule has 0 aromatic heterocycles. The Bertz CT molecular complexity index is 490. The van der Waals surface area contributed by atoms with E-state index in [1.807, 2.05) is 26.0 Å². The second-order valence-corrected chi connectivity index (χ2v) is 6.52. The summed E-state index contributed by atoms with van der Waals surface area (Å²) in [5.41, 5.74) is 2.25.